The Morgan fingerprint density at radius 1 is 1.05 bits per heavy atom. The van der Waals surface area contributed by atoms with Gasteiger partial charge < -0.3 is 9.47 Å². The molecule has 5 heteroatoms. The van der Waals surface area contributed by atoms with Crippen molar-refractivity contribution in [3.05, 3.63) is 56.5 Å². The average Bonchev–Trinajstić information content (AvgIpc) is 2.46. The van der Waals surface area contributed by atoms with Gasteiger partial charge in [-0.15, -0.1) is 0 Å². The normalized spacial score (nSPS) is 10.2. The first-order valence-corrected chi connectivity index (χ1v) is 7.42. The van der Waals surface area contributed by atoms with Gasteiger partial charge in [0, 0.05) is 5.56 Å². The van der Waals surface area contributed by atoms with Gasteiger partial charge in [-0.3, -0.25) is 4.79 Å². The van der Waals surface area contributed by atoms with Gasteiger partial charge in [0.15, 0.2) is 0 Å². The number of halogens is 2. The summed E-state index contributed by atoms with van der Waals surface area (Å²) < 4.78 is 12.6. The third-order valence-corrected chi connectivity index (χ3v) is 3.94. The summed E-state index contributed by atoms with van der Waals surface area (Å²) in [7, 11) is 1.63. The molecule has 0 aromatic heterocycles. The first-order valence-electron chi connectivity index (χ1n) is 5.84. The molecule has 0 aliphatic rings. The van der Waals surface area contributed by atoms with E-state index in [1.807, 2.05) is 18.2 Å². The standard InChI is InChI=1S/C15H12Br2O3/c1-19-14-4-3-11(7-12(14)16)9-20-15-5-2-10(8-18)6-13(15)17/h2-8H,9H2,1H3. The van der Waals surface area contributed by atoms with Gasteiger partial charge in [-0.05, 0) is 67.8 Å². The molecule has 3 nitrogen and oxygen atoms in total. The van der Waals surface area contributed by atoms with Gasteiger partial charge in [0.05, 0.1) is 16.1 Å². The molecule has 0 fully saturated rings. The molecule has 0 aliphatic carbocycles. The second kappa shape index (κ2) is 6.90. The van der Waals surface area contributed by atoms with Crippen molar-refractivity contribution in [2.45, 2.75) is 6.61 Å². The monoisotopic (exact) mass is 398 g/mol. The van der Waals surface area contributed by atoms with Crippen LogP contribution in [0.3, 0.4) is 0 Å². The van der Waals surface area contributed by atoms with Crippen LogP contribution in [0.4, 0.5) is 0 Å². The van der Waals surface area contributed by atoms with Crippen LogP contribution in [0.15, 0.2) is 45.3 Å². The highest BCUT2D eigenvalue weighted by Crippen LogP contribution is 2.28. The van der Waals surface area contributed by atoms with Crippen molar-refractivity contribution in [1.82, 2.24) is 0 Å². The molecule has 0 amide bonds. The predicted octanol–water partition coefficient (Wildman–Crippen LogP) is 4.61. The summed E-state index contributed by atoms with van der Waals surface area (Å²) >= 11 is 6.82. The lowest BCUT2D eigenvalue weighted by atomic mass is 10.2. The van der Waals surface area contributed by atoms with Crippen molar-refractivity contribution in [2.24, 2.45) is 0 Å². The number of hydrogen-bond donors (Lipinski definition) is 0. The smallest absolute Gasteiger partial charge is 0.150 e. The van der Waals surface area contributed by atoms with Crippen molar-refractivity contribution in [1.29, 1.82) is 0 Å². The zero-order valence-corrected chi connectivity index (χ0v) is 13.9. The molecule has 0 radical (unpaired) electrons. The lowest BCUT2D eigenvalue weighted by Gasteiger charge is -2.10. The van der Waals surface area contributed by atoms with E-state index in [1.165, 1.54) is 0 Å². The third kappa shape index (κ3) is 3.61. The molecule has 0 unspecified atom stereocenters. The Hall–Kier alpha value is -1.33. The molecule has 0 bridgehead atoms. The van der Waals surface area contributed by atoms with E-state index in [9.17, 15) is 4.79 Å². The van der Waals surface area contributed by atoms with Gasteiger partial charge in [0.2, 0.25) is 0 Å². The summed E-state index contributed by atoms with van der Waals surface area (Å²) in [5, 5.41) is 0. The molecule has 0 atom stereocenters. The first kappa shape index (κ1) is 15.1. The Kier molecular flexibility index (Phi) is 5.20. The van der Waals surface area contributed by atoms with Crippen molar-refractivity contribution in [2.75, 3.05) is 7.11 Å². The van der Waals surface area contributed by atoms with Crippen molar-refractivity contribution in [3.8, 4) is 11.5 Å². The van der Waals surface area contributed by atoms with E-state index < -0.39 is 0 Å². The maximum Gasteiger partial charge on any atom is 0.150 e. The van der Waals surface area contributed by atoms with Crippen LogP contribution in [0, 0.1) is 0 Å². The number of carbonyl (C=O) groups excluding carboxylic acids is 1. The molecular formula is C15H12Br2O3. The largest absolute Gasteiger partial charge is 0.496 e. The van der Waals surface area contributed by atoms with E-state index in [1.54, 1.807) is 25.3 Å². The molecule has 2 aromatic rings. The van der Waals surface area contributed by atoms with E-state index >= 15 is 0 Å². The fourth-order valence-electron chi connectivity index (χ4n) is 1.67. The SMILES string of the molecule is COc1ccc(COc2ccc(C=O)cc2Br)cc1Br. The number of carbonyl (C=O) groups is 1. The molecule has 2 aromatic carbocycles. The summed E-state index contributed by atoms with van der Waals surface area (Å²) in [6.07, 6.45) is 0.801. The molecule has 0 heterocycles. The Morgan fingerprint density at radius 3 is 2.35 bits per heavy atom. The maximum absolute atomic E-state index is 10.7. The molecular weight excluding hydrogens is 388 g/mol. The highest BCUT2D eigenvalue weighted by atomic mass is 79.9. The summed E-state index contributed by atoms with van der Waals surface area (Å²) in [6.45, 7) is 0.432. The fraction of sp³-hybridized carbons (Fsp3) is 0.133. The van der Waals surface area contributed by atoms with Crippen LogP contribution in [0.25, 0.3) is 0 Å². The Morgan fingerprint density at radius 2 is 1.75 bits per heavy atom. The van der Waals surface area contributed by atoms with Crippen LogP contribution < -0.4 is 9.47 Å². The number of aldehydes is 1. The first-order chi connectivity index (χ1) is 9.63. The number of hydrogen-bond acceptors (Lipinski definition) is 3. The van der Waals surface area contributed by atoms with E-state index in [2.05, 4.69) is 31.9 Å². The number of methoxy groups -OCH3 is 1. The second-order valence-corrected chi connectivity index (χ2v) is 5.77. The van der Waals surface area contributed by atoms with Crippen molar-refractivity contribution in [3.63, 3.8) is 0 Å². The molecule has 2 rings (SSSR count). The minimum Gasteiger partial charge on any atom is -0.496 e. The van der Waals surface area contributed by atoms with Crippen LogP contribution in [0.2, 0.25) is 0 Å². The lowest BCUT2D eigenvalue weighted by molar-refractivity contribution is 0.112. The fourth-order valence-corrected chi connectivity index (χ4v) is 2.77. The zero-order chi connectivity index (χ0) is 14.5. The van der Waals surface area contributed by atoms with Crippen LogP contribution in [0.1, 0.15) is 15.9 Å². The number of ether oxygens (including phenoxy) is 2. The lowest BCUT2D eigenvalue weighted by Crippen LogP contribution is -1.97. The summed E-state index contributed by atoms with van der Waals surface area (Å²) in [6, 6.07) is 11.0. The van der Waals surface area contributed by atoms with Gasteiger partial charge >= 0.3 is 0 Å². The van der Waals surface area contributed by atoms with Crippen molar-refractivity contribution < 1.29 is 14.3 Å². The molecule has 0 aliphatic heterocycles. The molecule has 20 heavy (non-hydrogen) atoms. The Balaban J connectivity index is 2.08. The highest BCUT2D eigenvalue weighted by Gasteiger charge is 2.05. The second-order valence-electron chi connectivity index (χ2n) is 4.07. The molecule has 0 N–H and O–H groups in total. The Bertz CT molecular complexity index is 627. The molecule has 0 spiro atoms. The van der Waals surface area contributed by atoms with Crippen LogP contribution in [-0.2, 0) is 6.61 Å². The van der Waals surface area contributed by atoms with Gasteiger partial charge in [-0.2, -0.15) is 0 Å². The average molecular weight is 400 g/mol. The van der Waals surface area contributed by atoms with E-state index in [0.717, 1.165) is 26.5 Å². The minimum absolute atomic E-state index is 0.432. The van der Waals surface area contributed by atoms with Crippen LogP contribution >= 0.6 is 31.9 Å². The highest BCUT2D eigenvalue weighted by molar-refractivity contribution is 9.10. The van der Waals surface area contributed by atoms with E-state index in [-0.39, 0.29) is 0 Å². The molecule has 0 saturated heterocycles. The van der Waals surface area contributed by atoms with E-state index in [4.69, 9.17) is 9.47 Å². The summed E-state index contributed by atoms with van der Waals surface area (Å²) in [4.78, 5) is 10.7. The van der Waals surface area contributed by atoms with Gasteiger partial charge in [-0.1, -0.05) is 6.07 Å². The maximum atomic E-state index is 10.7. The quantitative estimate of drug-likeness (QED) is 0.688. The Labute approximate surface area is 134 Å². The van der Waals surface area contributed by atoms with Gasteiger partial charge in [-0.25, -0.2) is 0 Å². The van der Waals surface area contributed by atoms with Crippen molar-refractivity contribution >= 4 is 38.1 Å². The van der Waals surface area contributed by atoms with Crippen LogP contribution in [-0.4, -0.2) is 13.4 Å². The minimum atomic E-state index is 0.432. The summed E-state index contributed by atoms with van der Waals surface area (Å²) in [5.74, 6) is 1.48. The molecule has 104 valence electrons. The third-order valence-electron chi connectivity index (χ3n) is 2.70. The predicted molar refractivity (Wildman–Crippen MR) is 84.6 cm³/mol. The van der Waals surface area contributed by atoms with Crippen LogP contribution in [0.5, 0.6) is 11.5 Å². The number of rotatable bonds is 5. The topological polar surface area (TPSA) is 35.5 Å². The van der Waals surface area contributed by atoms with E-state index in [0.29, 0.717) is 17.9 Å². The van der Waals surface area contributed by atoms with Gasteiger partial charge in [0.25, 0.3) is 0 Å². The zero-order valence-electron chi connectivity index (χ0n) is 10.7. The molecule has 0 saturated carbocycles. The number of benzene rings is 2. The summed E-state index contributed by atoms with van der Waals surface area (Å²) in [5.41, 5.74) is 1.63. The van der Waals surface area contributed by atoms with Gasteiger partial charge in [0.1, 0.15) is 24.4 Å².